The van der Waals surface area contributed by atoms with Crippen molar-refractivity contribution >= 4 is 12.0 Å². The highest BCUT2D eigenvalue weighted by Gasteiger charge is 2.06. The van der Waals surface area contributed by atoms with Crippen molar-refractivity contribution in [1.29, 1.82) is 0 Å². The molecule has 0 unspecified atom stereocenters. The number of aliphatic carboxylic acids is 1. The van der Waals surface area contributed by atoms with Crippen molar-refractivity contribution in [3.63, 3.8) is 0 Å². The summed E-state index contributed by atoms with van der Waals surface area (Å²) in [6.45, 7) is 4.89. The molecule has 4 nitrogen and oxygen atoms in total. The van der Waals surface area contributed by atoms with Crippen LogP contribution in [0.4, 0.5) is 0 Å². The summed E-state index contributed by atoms with van der Waals surface area (Å²) in [5.74, 6) is 0.259. The van der Waals surface area contributed by atoms with Gasteiger partial charge < -0.3 is 14.6 Å². The number of hydrogen-bond acceptors (Lipinski definition) is 3. The Morgan fingerprint density at radius 3 is 2.48 bits per heavy atom. The number of rotatable bonds is 7. The summed E-state index contributed by atoms with van der Waals surface area (Å²) in [6.07, 6.45) is 2.62. The van der Waals surface area contributed by atoms with Crippen molar-refractivity contribution in [3.8, 4) is 11.5 Å². The van der Waals surface area contributed by atoms with Gasteiger partial charge in [-0.2, -0.15) is 0 Å². The van der Waals surface area contributed by atoms with Crippen molar-refractivity contribution in [3.05, 3.63) is 65.2 Å². The van der Waals surface area contributed by atoms with E-state index in [-0.39, 0.29) is 0 Å². The maximum Gasteiger partial charge on any atom is 0.328 e. The van der Waals surface area contributed by atoms with Gasteiger partial charge in [-0.15, -0.1) is 0 Å². The molecule has 2 rings (SSSR count). The third kappa shape index (κ3) is 5.18. The number of carboxylic acid groups (broad SMARTS) is 1. The van der Waals surface area contributed by atoms with Crippen LogP contribution < -0.4 is 9.47 Å². The van der Waals surface area contributed by atoms with Crippen LogP contribution >= 0.6 is 0 Å². The van der Waals surface area contributed by atoms with Gasteiger partial charge in [0.1, 0.15) is 6.61 Å². The largest absolute Gasteiger partial charge is 0.490 e. The Morgan fingerprint density at radius 1 is 1.09 bits per heavy atom. The Labute approximate surface area is 136 Å². The van der Waals surface area contributed by atoms with E-state index in [9.17, 15) is 4.79 Å². The lowest BCUT2D eigenvalue weighted by molar-refractivity contribution is -0.131. The first-order valence-corrected chi connectivity index (χ1v) is 7.44. The second kappa shape index (κ2) is 8.03. The highest BCUT2D eigenvalue weighted by Crippen LogP contribution is 2.29. The Bertz CT molecular complexity index is 687. The zero-order valence-corrected chi connectivity index (χ0v) is 13.3. The highest BCUT2D eigenvalue weighted by molar-refractivity contribution is 5.85. The van der Waals surface area contributed by atoms with Crippen LogP contribution in [0, 0.1) is 6.92 Å². The molecule has 0 saturated heterocycles. The van der Waals surface area contributed by atoms with Gasteiger partial charge in [0.05, 0.1) is 6.61 Å². The first-order valence-electron chi connectivity index (χ1n) is 7.44. The van der Waals surface area contributed by atoms with E-state index in [1.54, 1.807) is 18.2 Å². The lowest BCUT2D eigenvalue weighted by atomic mass is 10.1. The SMILES string of the molecule is CCOc1cc(/C=C/C(=O)O)ccc1OCc1ccc(C)cc1. The summed E-state index contributed by atoms with van der Waals surface area (Å²) < 4.78 is 11.4. The Kier molecular flexibility index (Phi) is 5.80. The van der Waals surface area contributed by atoms with E-state index in [4.69, 9.17) is 14.6 Å². The zero-order valence-electron chi connectivity index (χ0n) is 13.3. The predicted octanol–water partition coefficient (Wildman–Crippen LogP) is 4.07. The molecule has 2 aromatic carbocycles. The van der Waals surface area contributed by atoms with E-state index < -0.39 is 5.97 Å². The molecule has 0 aliphatic heterocycles. The smallest absolute Gasteiger partial charge is 0.328 e. The molecule has 1 N–H and O–H groups in total. The van der Waals surface area contributed by atoms with Gasteiger partial charge in [-0.25, -0.2) is 4.79 Å². The monoisotopic (exact) mass is 312 g/mol. The average molecular weight is 312 g/mol. The Balaban J connectivity index is 2.13. The van der Waals surface area contributed by atoms with Gasteiger partial charge in [-0.05, 0) is 43.2 Å². The molecule has 0 radical (unpaired) electrons. The van der Waals surface area contributed by atoms with Crippen LogP contribution in [0.3, 0.4) is 0 Å². The fourth-order valence-electron chi connectivity index (χ4n) is 2.03. The number of carbonyl (C=O) groups is 1. The molecule has 0 bridgehead atoms. The first kappa shape index (κ1) is 16.6. The van der Waals surface area contributed by atoms with Crippen molar-refractivity contribution < 1.29 is 19.4 Å². The maximum absolute atomic E-state index is 10.6. The molecule has 0 aromatic heterocycles. The summed E-state index contributed by atoms with van der Waals surface area (Å²) in [4.78, 5) is 10.6. The quantitative estimate of drug-likeness (QED) is 0.783. The summed E-state index contributed by atoms with van der Waals surface area (Å²) in [6, 6.07) is 13.5. The minimum absolute atomic E-state index is 0.449. The zero-order chi connectivity index (χ0) is 16.7. The molecule has 0 spiro atoms. The number of hydrogen-bond donors (Lipinski definition) is 1. The molecule has 0 atom stereocenters. The molecule has 0 aliphatic carbocycles. The molecule has 4 heteroatoms. The molecular formula is C19H20O4. The molecule has 0 heterocycles. The van der Waals surface area contributed by atoms with Gasteiger partial charge in [0.2, 0.25) is 0 Å². The van der Waals surface area contributed by atoms with Crippen LogP contribution in [-0.4, -0.2) is 17.7 Å². The number of benzene rings is 2. The standard InChI is InChI=1S/C19H20O4/c1-3-22-18-12-15(9-11-19(20)21)8-10-17(18)23-13-16-6-4-14(2)5-7-16/h4-12H,3,13H2,1-2H3,(H,20,21)/b11-9+. The molecule has 23 heavy (non-hydrogen) atoms. The highest BCUT2D eigenvalue weighted by atomic mass is 16.5. The topological polar surface area (TPSA) is 55.8 Å². The number of aryl methyl sites for hydroxylation is 1. The Hall–Kier alpha value is -2.75. The van der Waals surface area contributed by atoms with Crippen molar-refractivity contribution in [2.45, 2.75) is 20.5 Å². The second-order valence-corrected chi connectivity index (χ2v) is 5.09. The van der Waals surface area contributed by atoms with Gasteiger partial charge in [0.25, 0.3) is 0 Å². The third-order valence-corrected chi connectivity index (χ3v) is 3.20. The lowest BCUT2D eigenvalue weighted by Gasteiger charge is -2.13. The third-order valence-electron chi connectivity index (χ3n) is 3.20. The summed E-state index contributed by atoms with van der Waals surface area (Å²) in [5, 5.41) is 8.69. The Morgan fingerprint density at radius 2 is 1.83 bits per heavy atom. The van der Waals surface area contributed by atoms with E-state index in [2.05, 4.69) is 0 Å². The molecule has 0 amide bonds. The summed E-state index contributed by atoms with van der Waals surface area (Å²) >= 11 is 0. The van der Waals surface area contributed by atoms with E-state index in [1.165, 1.54) is 11.6 Å². The van der Waals surface area contributed by atoms with Crippen LogP contribution in [0.25, 0.3) is 6.08 Å². The maximum atomic E-state index is 10.6. The van der Waals surface area contributed by atoms with E-state index in [0.29, 0.717) is 24.7 Å². The fraction of sp³-hybridized carbons (Fsp3) is 0.211. The second-order valence-electron chi connectivity index (χ2n) is 5.09. The van der Waals surface area contributed by atoms with Crippen molar-refractivity contribution in [2.24, 2.45) is 0 Å². The molecule has 120 valence electrons. The minimum Gasteiger partial charge on any atom is -0.490 e. The van der Waals surface area contributed by atoms with Crippen LogP contribution in [0.2, 0.25) is 0 Å². The minimum atomic E-state index is -0.984. The van der Waals surface area contributed by atoms with Crippen LogP contribution in [0.5, 0.6) is 11.5 Å². The van der Waals surface area contributed by atoms with Gasteiger partial charge in [0, 0.05) is 6.08 Å². The molecule has 0 fully saturated rings. The van der Waals surface area contributed by atoms with Gasteiger partial charge in [-0.3, -0.25) is 0 Å². The average Bonchev–Trinajstić information content (AvgIpc) is 2.54. The fourth-order valence-corrected chi connectivity index (χ4v) is 2.03. The van der Waals surface area contributed by atoms with E-state index >= 15 is 0 Å². The van der Waals surface area contributed by atoms with Crippen LogP contribution in [-0.2, 0) is 11.4 Å². The van der Waals surface area contributed by atoms with E-state index in [0.717, 1.165) is 17.2 Å². The van der Waals surface area contributed by atoms with Crippen LogP contribution in [0.1, 0.15) is 23.6 Å². The number of ether oxygens (including phenoxy) is 2. The van der Waals surface area contributed by atoms with Crippen LogP contribution in [0.15, 0.2) is 48.5 Å². The van der Waals surface area contributed by atoms with Crippen molar-refractivity contribution in [1.82, 2.24) is 0 Å². The normalized spacial score (nSPS) is 10.7. The predicted molar refractivity (Wildman–Crippen MR) is 89.8 cm³/mol. The molecule has 2 aromatic rings. The number of carboxylic acids is 1. The first-order chi connectivity index (χ1) is 11.1. The van der Waals surface area contributed by atoms with Gasteiger partial charge >= 0.3 is 5.97 Å². The summed E-state index contributed by atoms with van der Waals surface area (Å²) in [5.41, 5.74) is 3.03. The van der Waals surface area contributed by atoms with Crippen molar-refractivity contribution in [2.75, 3.05) is 6.61 Å². The molecule has 0 aliphatic rings. The van der Waals surface area contributed by atoms with E-state index in [1.807, 2.05) is 38.1 Å². The van der Waals surface area contributed by atoms with Gasteiger partial charge in [-0.1, -0.05) is 35.9 Å². The molecular weight excluding hydrogens is 292 g/mol. The lowest BCUT2D eigenvalue weighted by Crippen LogP contribution is -2.00. The molecule has 0 saturated carbocycles. The van der Waals surface area contributed by atoms with Gasteiger partial charge in [0.15, 0.2) is 11.5 Å². The summed E-state index contributed by atoms with van der Waals surface area (Å²) in [7, 11) is 0.